The Morgan fingerprint density at radius 3 is 2.36 bits per heavy atom. The molecule has 3 heteroatoms. The lowest BCUT2D eigenvalue weighted by Gasteiger charge is -2.27. The van der Waals surface area contributed by atoms with Crippen LogP contribution >= 0.6 is 0 Å². The summed E-state index contributed by atoms with van der Waals surface area (Å²) in [5.41, 5.74) is 5.63. The van der Waals surface area contributed by atoms with Gasteiger partial charge in [-0.15, -0.1) is 0 Å². The largest absolute Gasteiger partial charge is 0.340 e. The second-order valence-corrected chi connectivity index (χ2v) is 4.76. The Morgan fingerprint density at radius 2 is 2.00 bits per heavy atom. The van der Waals surface area contributed by atoms with Crippen LogP contribution < -0.4 is 5.73 Å². The highest BCUT2D eigenvalue weighted by molar-refractivity contribution is 5.77. The second kappa shape index (κ2) is 4.78. The van der Waals surface area contributed by atoms with Gasteiger partial charge in [-0.05, 0) is 39.5 Å². The van der Waals surface area contributed by atoms with E-state index < -0.39 is 0 Å². The maximum Gasteiger partial charge on any atom is 0.224 e. The first-order valence-corrected chi connectivity index (χ1v) is 5.55. The van der Waals surface area contributed by atoms with Crippen molar-refractivity contribution in [2.24, 2.45) is 11.7 Å². The van der Waals surface area contributed by atoms with E-state index in [1.54, 1.807) is 0 Å². The van der Waals surface area contributed by atoms with Crippen molar-refractivity contribution in [3.05, 3.63) is 0 Å². The SMILES string of the molecule is CC(N)CC(=O)N(CC1CC1)C(C)C. The van der Waals surface area contributed by atoms with Gasteiger partial charge in [-0.2, -0.15) is 0 Å². The van der Waals surface area contributed by atoms with E-state index in [1.807, 2.05) is 11.8 Å². The Bertz CT molecular complexity index is 197. The van der Waals surface area contributed by atoms with Crippen molar-refractivity contribution >= 4 is 5.91 Å². The summed E-state index contributed by atoms with van der Waals surface area (Å²) < 4.78 is 0. The molecule has 1 amide bonds. The van der Waals surface area contributed by atoms with Gasteiger partial charge in [-0.1, -0.05) is 0 Å². The highest BCUT2D eigenvalue weighted by atomic mass is 16.2. The number of nitrogens with zero attached hydrogens (tertiary/aromatic N) is 1. The fraction of sp³-hybridized carbons (Fsp3) is 0.909. The number of nitrogens with two attached hydrogens (primary N) is 1. The molecular formula is C11H22N2O. The van der Waals surface area contributed by atoms with Crippen LogP contribution in [0.15, 0.2) is 0 Å². The molecule has 0 aromatic heterocycles. The Labute approximate surface area is 86.6 Å². The predicted molar refractivity (Wildman–Crippen MR) is 57.8 cm³/mol. The van der Waals surface area contributed by atoms with Crippen LogP contribution in [0.1, 0.15) is 40.0 Å². The summed E-state index contributed by atoms with van der Waals surface area (Å²) in [6.07, 6.45) is 3.05. The lowest BCUT2D eigenvalue weighted by Crippen LogP contribution is -2.40. The van der Waals surface area contributed by atoms with E-state index in [-0.39, 0.29) is 11.9 Å². The third-order valence-electron chi connectivity index (χ3n) is 2.59. The maximum absolute atomic E-state index is 11.8. The zero-order valence-corrected chi connectivity index (χ0v) is 9.49. The van der Waals surface area contributed by atoms with Crippen LogP contribution in [-0.2, 0) is 4.79 Å². The zero-order valence-electron chi connectivity index (χ0n) is 9.49. The zero-order chi connectivity index (χ0) is 10.7. The molecule has 0 spiro atoms. The summed E-state index contributed by atoms with van der Waals surface area (Å²) in [5.74, 6) is 0.969. The normalized spacial score (nSPS) is 18.4. The first-order chi connectivity index (χ1) is 6.50. The van der Waals surface area contributed by atoms with Gasteiger partial charge in [0.2, 0.25) is 5.91 Å². The summed E-state index contributed by atoms with van der Waals surface area (Å²) >= 11 is 0. The van der Waals surface area contributed by atoms with Crippen LogP contribution in [0.2, 0.25) is 0 Å². The molecule has 0 aliphatic heterocycles. The van der Waals surface area contributed by atoms with Gasteiger partial charge in [0.05, 0.1) is 0 Å². The van der Waals surface area contributed by atoms with Crippen LogP contribution in [0, 0.1) is 5.92 Å². The maximum atomic E-state index is 11.8. The molecule has 82 valence electrons. The van der Waals surface area contributed by atoms with E-state index in [4.69, 9.17) is 5.73 Å². The number of rotatable bonds is 5. The first-order valence-electron chi connectivity index (χ1n) is 5.55. The van der Waals surface area contributed by atoms with E-state index in [1.165, 1.54) is 12.8 Å². The molecule has 3 nitrogen and oxygen atoms in total. The van der Waals surface area contributed by atoms with Crippen molar-refractivity contribution < 1.29 is 4.79 Å². The molecule has 0 radical (unpaired) electrons. The van der Waals surface area contributed by atoms with Crippen molar-refractivity contribution in [2.45, 2.75) is 52.1 Å². The summed E-state index contributed by atoms with van der Waals surface area (Å²) in [4.78, 5) is 13.8. The minimum atomic E-state index is -0.0250. The minimum Gasteiger partial charge on any atom is -0.340 e. The van der Waals surface area contributed by atoms with Crippen molar-refractivity contribution in [1.82, 2.24) is 4.90 Å². The molecule has 0 aromatic rings. The van der Waals surface area contributed by atoms with E-state index in [0.29, 0.717) is 12.5 Å². The second-order valence-electron chi connectivity index (χ2n) is 4.76. The minimum absolute atomic E-state index is 0.0250. The van der Waals surface area contributed by atoms with Crippen LogP contribution in [0.3, 0.4) is 0 Å². The predicted octanol–water partition coefficient (Wildman–Crippen LogP) is 1.37. The van der Waals surface area contributed by atoms with Gasteiger partial charge in [0, 0.05) is 25.0 Å². The van der Waals surface area contributed by atoms with E-state index in [2.05, 4.69) is 13.8 Å². The van der Waals surface area contributed by atoms with Gasteiger partial charge in [0.25, 0.3) is 0 Å². The molecule has 1 rings (SSSR count). The molecule has 0 bridgehead atoms. The molecule has 1 aliphatic carbocycles. The highest BCUT2D eigenvalue weighted by Gasteiger charge is 2.28. The molecule has 1 unspecified atom stereocenters. The smallest absolute Gasteiger partial charge is 0.224 e. The summed E-state index contributed by atoms with van der Waals surface area (Å²) in [7, 11) is 0. The molecule has 0 saturated heterocycles. The topological polar surface area (TPSA) is 46.3 Å². The molecule has 1 saturated carbocycles. The number of carbonyl (C=O) groups is 1. The Morgan fingerprint density at radius 1 is 1.43 bits per heavy atom. The summed E-state index contributed by atoms with van der Waals surface area (Å²) in [6.45, 7) is 6.96. The number of carbonyl (C=O) groups excluding carboxylic acids is 1. The fourth-order valence-corrected chi connectivity index (χ4v) is 1.57. The van der Waals surface area contributed by atoms with Crippen molar-refractivity contribution in [2.75, 3.05) is 6.54 Å². The Kier molecular flexibility index (Phi) is 3.93. The fourth-order valence-electron chi connectivity index (χ4n) is 1.57. The van der Waals surface area contributed by atoms with E-state index >= 15 is 0 Å². The van der Waals surface area contributed by atoms with Gasteiger partial charge < -0.3 is 10.6 Å². The van der Waals surface area contributed by atoms with Crippen molar-refractivity contribution in [3.8, 4) is 0 Å². The van der Waals surface area contributed by atoms with Crippen LogP contribution in [-0.4, -0.2) is 29.4 Å². The summed E-state index contributed by atoms with van der Waals surface area (Å²) in [5, 5.41) is 0. The van der Waals surface area contributed by atoms with Crippen LogP contribution in [0.25, 0.3) is 0 Å². The average molecular weight is 198 g/mol. The molecule has 1 aliphatic rings. The highest BCUT2D eigenvalue weighted by Crippen LogP contribution is 2.30. The molecule has 1 fully saturated rings. The monoisotopic (exact) mass is 198 g/mol. The van der Waals surface area contributed by atoms with E-state index in [0.717, 1.165) is 12.5 Å². The molecule has 2 N–H and O–H groups in total. The lowest BCUT2D eigenvalue weighted by molar-refractivity contribution is -0.133. The molecular weight excluding hydrogens is 176 g/mol. The van der Waals surface area contributed by atoms with Crippen molar-refractivity contribution in [3.63, 3.8) is 0 Å². The lowest BCUT2D eigenvalue weighted by atomic mass is 10.2. The van der Waals surface area contributed by atoms with Gasteiger partial charge in [-0.25, -0.2) is 0 Å². The third-order valence-corrected chi connectivity index (χ3v) is 2.59. The number of amides is 1. The van der Waals surface area contributed by atoms with Gasteiger partial charge in [-0.3, -0.25) is 4.79 Å². The quantitative estimate of drug-likeness (QED) is 0.725. The Balaban J connectivity index is 2.43. The number of hydrogen-bond donors (Lipinski definition) is 1. The number of hydrogen-bond acceptors (Lipinski definition) is 2. The third kappa shape index (κ3) is 3.66. The summed E-state index contributed by atoms with van der Waals surface area (Å²) in [6, 6.07) is 0.282. The first kappa shape index (κ1) is 11.5. The van der Waals surface area contributed by atoms with Gasteiger partial charge >= 0.3 is 0 Å². The molecule has 1 atom stereocenters. The van der Waals surface area contributed by atoms with Crippen LogP contribution in [0.5, 0.6) is 0 Å². The Hall–Kier alpha value is -0.570. The molecule has 0 aromatic carbocycles. The van der Waals surface area contributed by atoms with Crippen molar-refractivity contribution in [1.29, 1.82) is 0 Å². The van der Waals surface area contributed by atoms with Crippen LogP contribution in [0.4, 0.5) is 0 Å². The van der Waals surface area contributed by atoms with E-state index in [9.17, 15) is 4.79 Å². The average Bonchev–Trinajstić information content (AvgIpc) is 2.80. The van der Waals surface area contributed by atoms with Gasteiger partial charge in [0.15, 0.2) is 0 Å². The standard InChI is InChI=1S/C11H22N2O/c1-8(2)13(7-10-4-5-10)11(14)6-9(3)12/h8-10H,4-7,12H2,1-3H3. The molecule has 0 heterocycles. The molecule has 14 heavy (non-hydrogen) atoms. The van der Waals surface area contributed by atoms with Gasteiger partial charge in [0.1, 0.15) is 0 Å².